The zero-order chi connectivity index (χ0) is 27.1. The fourth-order valence-corrected chi connectivity index (χ4v) is 5.22. The molecule has 9 nitrogen and oxygen atoms in total. The molecular formula is C29H31FN8O. The van der Waals surface area contributed by atoms with Crippen LogP contribution in [0.2, 0.25) is 0 Å². The molecule has 1 amide bonds. The highest BCUT2D eigenvalue weighted by atomic mass is 19.1. The maximum Gasteiger partial charge on any atom is 0.224 e. The number of H-pyrrole nitrogens is 2. The number of pyridine rings is 2. The molecule has 0 radical (unpaired) electrons. The van der Waals surface area contributed by atoms with Gasteiger partial charge in [-0.3, -0.25) is 14.9 Å². The Morgan fingerprint density at radius 1 is 1.13 bits per heavy atom. The van der Waals surface area contributed by atoms with E-state index in [1.807, 2.05) is 26.8 Å². The van der Waals surface area contributed by atoms with Gasteiger partial charge in [-0.2, -0.15) is 5.10 Å². The molecule has 4 aromatic heterocycles. The van der Waals surface area contributed by atoms with Gasteiger partial charge in [-0.1, -0.05) is 20.8 Å². The second kappa shape index (κ2) is 9.76. The van der Waals surface area contributed by atoms with Gasteiger partial charge in [0.2, 0.25) is 5.91 Å². The van der Waals surface area contributed by atoms with E-state index in [9.17, 15) is 4.79 Å². The first-order valence-corrected chi connectivity index (χ1v) is 13.3. The molecule has 200 valence electrons. The highest BCUT2D eigenvalue weighted by Gasteiger charge is 2.22. The van der Waals surface area contributed by atoms with Crippen LogP contribution in [0, 0.1) is 11.2 Å². The maximum absolute atomic E-state index is 16.1. The fourth-order valence-electron chi connectivity index (χ4n) is 5.22. The van der Waals surface area contributed by atoms with Crippen LogP contribution in [0.5, 0.6) is 0 Å². The molecule has 1 saturated heterocycles. The molecule has 10 heteroatoms. The number of fused-ring (bicyclic) bond motifs is 2. The molecule has 1 aromatic carbocycles. The van der Waals surface area contributed by atoms with Gasteiger partial charge in [0.15, 0.2) is 11.5 Å². The van der Waals surface area contributed by atoms with E-state index in [0.717, 1.165) is 37.1 Å². The van der Waals surface area contributed by atoms with Crippen LogP contribution in [0.3, 0.4) is 0 Å². The SMILES string of the molecule is CC(C)(C)CC(=O)Nc1cncc(-c2ccc3[nH]nc(-c4nc5nccc(N6CCCCC6)c5[nH]4)c3c2F)c1. The number of amides is 1. The van der Waals surface area contributed by atoms with Gasteiger partial charge in [-0.25, -0.2) is 14.4 Å². The Balaban J connectivity index is 1.37. The predicted molar refractivity (Wildman–Crippen MR) is 151 cm³/mol. The number of benzene rings is 1. The van der Waals surface area contributed by atoms with Crippen molar-refractivity contribution in [2.24, 2.45) is 5.41 Å². The Labute approximate surface area is 225 Å². The van der Waals surface area contributed by atoms with Crippen LogP contribution >= 0.6 is 0 Å². The number of aromatic amines is 2. The van der Waals surface area contributed by atoms with Crippen LogP contribution in [0.15, 0.2) is 42.9 Å². The van der Waals surface area contributed by atoms with Crippen molar-refractivity contribution in [1.82, 2.24) is 30.1 Å². The standard InChI is InChI=1S/C29H31FN8O/c1-29(2,3)14-22(39)33-18-13-17(15-31-16-18)19-7-8-20-23(24(19)30)26(37-36-20)28-34-25-21(9-10-32-27(25)35-28)38-11-5-4-6-12-38/h7-10,13,15-16H,4-6,11-12,14H2,1-3H3,(H,33,39)(H,36,37)(H,32,34,35). The number of hydrogen-bond acceptors (Lipinski definition) is 6. The summed E-state index contributed by atoms with van der Waals surface area (Å²) in [5.74, 6) is -0.108. The first-order chi connectivity index (χ1) is 18.8. The fraction of sp³-hybridized carbons (Fsp3) is 0.345. The quantitative estimate of drug-likeness (QED) is 0.256. The van der Waals surface area contributed by atoms with Crippen LogP contribution in [0.4, 0.5) is 15.8 Å². The van der Waals surface area contributed by atoms with E-state index in [0.29, 0.717) is 51.3 Å². The molecule has 1 fully saturated rings. The summed E-state index contributed by atoms with van der Waals surface area (Å²) in [7, 11) is 0. The summed E-state index contributed by atoms with van der Waals surface area (Å²) in [6.45, 7) is 7.98. The minimum absolute atomic E-state index is 0.114. The van der Waals surface area contributed by atoms with E-state index in [2.05, 4.69) is 40.3 Å². The molecule has 6 rings (SSSR count). The highest BCUT2D eigenvalue weighted by molar-refractivity contribution is 5.98. The van der Waals surface area contributed by atoms with E-state index in [-0.39, 0.29) is 11.3 Å². The molecule has 0 atom stereocenters. The van der Waals surface area contributed by atoms with Crippen molar-refractivity contribution in [3.05, 3.63) is 48.7 Å². The average Bonchev–Trinajstić information content (AvgIpc) is 3.53. The van der Waals surface area contributed by atoms with E-state index in [1.165, 1.54) is 6.42 Å². The summed E-state index contributed by atoms with van der Waals surface area (Å²) < 4.78 is 16.1. The Morgan fingerprint density at radius 2 is 1.95 bits per heavy atom. The van der Waals surface area contributed by atoms with Gasteiger partial charge in [0, 0.05) is 43.0 Å². The summed E-state index contributed by atoms with van der Waals surface area (Å²) in [5, 5.41) is 10.6. The third-order valence-corrected chi connectivity index (χ3v) is 6.98. The number of aromatic nitrogens is 6. The second-order valence-electron chi connectivity index (χ2n) is 11.3. The number of carbonyl (C=O) groups is 1. The summed E-state index contributed by atoms with van der Waals surface area (Å²) in [5.41, 5.74) is 4.66. The summed E-state index contributed by atoms with van der Waals surface area (Å²) in [6, 6.07) is 7.20. The van der Waals surface area contributed by atoms with Crippen molar-refractivity contribution in [3.63, 3.8) is 0 Å². The van der Waals surface area contributed by atoms with Gasteiger partial charge < -0.3 is 15.2 Å². The highest BCUT2D eigenvalue weighted by Crippen LogP contribution is 2.35. The summed E-state index contributed by atoms with van der Waals surface area (Å²) >= 11 is 0. The molecule has 5 aromatic rings. The topological polar surface area (TPSA) is 115 Å². The molecule has 0 aliphatic carbocycles. The van der Waals surface area contributed by atoms with E-state index >= 15 is 4.39 Å². The third-order valence-electron chi connectivity index (χ3n) is 6.98. The molecule has 0 bridgehead atoms. The molecule has 5 heterocycles. The van der Waals surface area contributed by atoms with Gasteiger partial charge in [0.05, 0.1) is 28.5 Å². The molecule has 0 saturated carbocycles. The number of imidazole rings is 1. The number of piperidine rings is 1. The lowest BCUT2D eigenvalue weighted by atomic mass is 9.92. The van der Waals surface area contributed by atoms with E-state index in [1.54, 1.807) is 36.8 Å². The Morgan fingerprint density at radius 3 is 2.74 bits per heavy atom. The van der Waals surface area contributed by atoms with Crippen LogP contribution in [0.25, 0.3) is 44.7 Å². The van der Waals surface area contributed by atoms with Crippen molar-refractivity contribution in [2.75, 3.05) is 23.3 Å². The smallest absolute Gasteiger partial charge is 0.224 e. The number of halogens is 1. The normalized spacial score (nSPS) is 14.3. The zero-order valence-electron chi connectivity index (χ0n) is 22.3. The number of carbonyl (C=O) groups excluding carboxylic acids is 1. The average molecular weight is 527 g/mol. The Kier molecular flexibility index (Phi) is 6.25. The lowest BCUT2D eigenvalue weighted by molar-refractivity contribution is -0.117. The first kappa shape index (κ1) is 25.0. The van der Waals surface area contributed by atoms with Crippen LogP contribution in [-0.4, -0.2) is 49.1 Å². The molecule has 1 aliphatic heterocycles. The molecule has 0 unspecified atom stereocenters. The van der Waals surface area contributed by atoms with Gasteiger partial charge in [-0.15, -0.1) is 0 Å². The Bertz CT molecular complexity index is 1680. The van der Waals surface area contributed by atoms with Gasteiger partial charge >= 0.3 is 0 Å². The number of nitrogens with one attached hydrogen (secondary N) is 3. The van der Waals surface area contributed by atoms with Crippen molar-refractivity contribution < 1.29 is 9.18 Å². The van der Waals surface area contributed by atoms with Gasteiger partial charge in [0.1, 0.15) is 17.0 Å². The molecular weight excluding hydrogens is 495 g/mol. The van der Waals surface area contributed by atoms with E-state index < -0.39 is 5.82 Å². The summed E-state index contributed by atoms with van der Waals surface area (Å²) in [6.07, 6.45) is 8.81. The van der Waals surface area contributed by atoms with Crippen molar-refractivity contribution >= 4 is 39.3 Å². The molecule has 1 aliphatic rings. The number of rotatable bonds is 5. The monoisotopic (exact) mass is 526 g/mol. The zero-order valence-corrected chi connectivity index (χ0v) is 22.3. The minimum Gasteiger partial charge on any atom is -0.370 e. The van der Waals surface area contributed by atoms with Gasteiger partial charge in [-0.05, 0) is 48.9 Å². The molecule has 0 spiro atoms. The largest absolute Gasteiger partial charge is 0.370 e. The van der Waals surface area contributed by atoms with E-state index in [4.69, 9.17) is 0 Å². The Hall–Kier alpha value is -4.34. The first-order valence-electron chi connectivity index (χ1n) is 13.3. The van der Waals surface area contributed by atoms with Crippen LogP contribution in [0.1, 0.15) is 46.5 Å². The second-order valence-corrected chi connectivity index (χ2v) is 11.3. The van der Waals surface area contributed by atoms with Gasteiger partial charge in [0.25, 0.3) is 0 Å². The molecule has 3 N–H and O–H groups in total. The number of hydrogen-bond donors (Lipinski definition) is 3. The lowest BCUT2D eigenvalue weighted by Gasteiger charge is -2.28. The minimum atomic E-state index is -0.444. The van der Waals surface area contributed by atoms with Crippen molar-refractivity contribution in [3.8, 4) is 22.6 Å². The number of nitrogens with zero attached hydrogens (tertiary/aromatic N) is 5. The lowest BCUT2D eigenvalue weighted by Crippen LogP contribution is -2.29. The van der Waals surface area contributed by atoms with Crippen molar-refractivity contribution in [2.45, 2.75) is 46.5 Å². The number of anilines is 2. The molecule has 39 heavy (non-hydrogen) atoms. The van der Waals surface area contributed by atoms with Crippen LogP contribution in [-0.2, 0) is 4.79 Å². The maximum atomic E-state index is 16.1. The van der Waals surface area contributed by atoms with Crippen LogP contribution < -0.4 is 10.2 Å². The predicted octanol–water partition coefficient (Wildman–Crippen LogP) is 6.07. The third kappa shape index (κ3) is 4.94. The van der Waals surface area contributed by atoms with Crippen molar-refractivity contribution in [1.29, 1.82) is 0 Å². The summed E-state index contributed by atoms with van der Waals surface area (Å²) in [4.78, 5) is 31.5.